The standard InChI is InChI=1S/C22H27N3O2/c1-17-7-5-8-18(15-17)12-13-23-22(27)25-14-6-9-19(16-25)21(26)24-20-10-3-2-4-11-20/h2-5,7-8,10-11,15,19H,6,9,12-14,16H2,1H3,(H,23,27)(H,24,26). The van der Waals surface area contributed by atoms with E-state index in [0.29, 0.717) is 19.6 Å². The van der Waals surface area contributed by atoms with Crippen LogP contribution in [0.1, 0.15) is 24.0 Å². The average Bonchev–Trinajstić information content (AvgIpc) is 2.69. The van der Waals surface area contributed by atoms with Crippen LogP contribution in [-0.2, 0) is 11.2 Å². The van der Waals surface area contributed by atoms with Crippen molar-refractivity contribution in [1.29, 1.82) is 0 Å². The lowest BCUT2D eigenvalue weighted by Gasteiger charge is -2.32. The van der Waals surface area contributed by atoms with Gasteiger partial charge in [-0.3, -0.25) is 4.79 Å². The highest BCUT2D eigenvalue weighted by molar-refractivity contribution is 5.93. The number of amides is 3. The molecule has 5 nitrogen and oxygen atoms in total. The summed E-state index contributed by atoms with van der Waals surface area (Å²) in [5.74, 6) is -0.181. The van der Waals surface area contributed by atoms with Crippen molar-refractivity contribution in [2.24, 2.45) is 5.92 Å². The van der Waals surface area contributed by atoms with Crippen molar-refractivity contribution < 1.29 is 9.59 Å². The Balaban J connectivity index is 1.46. The Morgan fingerprint density at radius 1 is 1.11 bits per heavy atom. The maximum atomic E-state index is 12.5. The third kappa shape index (κ3) is 5.58. The van der Waals surface area contributed by atoms with Gasteiger partial charge in [-0.05, 0) is 43.9 Å². The molecule has 0 aromatic heterocycles. The van der Waals surface area contributed by atoms with E-state index in [1.165, 1.54) is 11.1 Å². The van der Waals surface area contributed by atoms with E-state index in [4.69, 9.17) is 0 Å². The minimum atomic E-state index is -0.165. The van der Waals surface area contributed by atoms with Crippen LogP contribution in [0.2, 0.25) is 0 Å². The van der Waals surface area contributed by atoms with Crippen LogP contribution in [0.3, 0.4) is 0 Å². The normalized spacial score (nSPS) is 16.6. The highest BCUT2D eigenvalue weighted by Crippen LogP contribution is 2.19. The molecule has 0 aliphatic carbocycles. The Morgan fingerprint density at radius 2 is 1.93 bits per heavy atom. The fourth-order valence-corrected chi connectivity index (χ4v) is 3.43. The van der Waals surface area contributed by atoms with Gasteiger partial charge in [-0.25, -0.2) is 4.79 Å². The zero-order valence-corrected chi connectivity index (χ0v) is 15.8. The summed E-state index contributed by atoms with van der Waals surface area (Å²) in [7, 11) is 0. The SMILES string of the molecule is Cc1cccc(CCNC(=O)N2CCCC(C(=O)Nc3ccccc3)C2)c1. The minimum Gasteiger partial charge on any atom is -0.338 e. The first-order valence-corrected chi connectivity index (χ1v) is 9.56. The van der Waals surface area contributed by atoms with Crippen LogP contribution in [0.4, 0.5) is 10.5 Å². The topological polar surface area (TPSA) is 61.4 Å². The fraction of sp³-hybridized carbons (Fsp3) is 0.364. The number of urea groups is 1. The smallest absolute Gasteiger partial charge is 0.317 e. The molecule has 1 atom stereocenters. The zero-order valence-electron chi connectivity index (χ0n) is 15.8. The van der Waals surface area contributed by atoms with Gasteiger partial charge in [-0.2, -0.15) is 0 Å². The predicted octanol–water partition coefficient (Wildman–Crippen LogP) is 3.60. The summed E-state index contributed by atoms with van der Waals surface area (Å²) in [4.78, 5) is 26.7. The highest BCUT2D eigenvalue weighted by Gasteiger charge is 2.28. The van der Waals surface area contributed by atoms with Crippen LogP contribution >= 0.6 is 0 Å². The molecule has 0 spiro atoms. The third-order valence-corrected chi connectivity index (χ3v) is 4.89. The zero-order chi connectivity index (χ0) is 19.1. The Hall–Kier alpha value is -2.82. The van der Waals surface area contributed by atoms with E-state index >= 15 is 0 Å². The van der Waals surface area contributed by atoms with E-state index in [9.17, 15) is 9.59 Å². The molecule has 1 fully saturated rings. The Bertz CT molecular complexity index is 776. The number of hydrogen-bond acceptors (Lipinski definition) is 2. The summed E-state index contributed by atoms with van der Waals surface area (Å²) in [6.45, 7) is 3.83. The van der Waals surface area contributed by atoms with Crippen LogP contribution in [-0.4, -0.2) is 36.5 Å². The second-order valence-electron chi connectivity index (χ2n) is 7.11. The van der Waals surface area contributed by atoms with Crippen LogP contribution in [0.25, 0.3) is 0 Å². The van der Waals surface area contributed by atoms with Gasteiger partial charge >= 0.3 is 6.03 Å². The van der Waals surface area contributed by atoms with E-state index in [0.717, 1.165) is 24.9 Å². The van der Waals surface area contributed by atoms with Gasteiger partial charge in [0.1, 0.15) is 0 Å². The molecule has 3 rings (SSSR count). The van der Waals surface area contributed by atoms with Gasteiger partial charge in [0.2, 0.25) is 5.91 Å². The summed E-state index contributed by atoms with van der Waals surface area (Å²) < 4.78 is 0. The number of hydrogen-bond donors (Lipinski definition) is 2. The van der Waals surface area contributed by atoms with Crippen LogP contribution in [0.5, 0.6) is 0 Å². The highest BCUT2D eigenvalue weighted by atomic mass is 16.2. The second kappa shape index (κ2) is 9.21. The summed E-state index contributed by atoms with van der Waals surface area (Å²) in [6, 6.07) is 17.7. The largest absolute Gasteiger partial charge is 0.338 e. The quantitative estimate of drug-likeness (QED) is 0.850. The van der Waals surface area contributed by atoms with Crippen molar-refractivity contribution in [3.63, 3.8) is 0 Å². The lowest BCUT2D eigenvalue weighted by Crippen LogP contribution is -2.48. The Labute approximate surface area is 160 Å². The van der Waals surface area contributed by atoms with Crippen molar-refractivity contribution in [3.8, 4) is 0 Å². The monoisotopic (exact) mass is 365 g/mol. The summed E-state index contributed by atoms with van der Waals surface area (Å²) >= 11 is 0. The molecular weight excluding hydrogens is 338 g/mol. The number of aryl methyl sites for hydroxylation is 1. The van der Waals surface area contributed by atoms with Gasteiger partial charge in [-0.15, -0.1) is 0 Å². The molecule has 1 saturated heterocycles. The molecule has 3 amide bonds. The van der Waals surface area contributed by atoms with Crippen LogP contribution in [0, 0.1) is 12.8 Å². The average molecular weight is 365 g/mol. The third-order valence-electron chi connectivity index (χ3n) is 4.89. The number of piperidine rings is 1. The molecule has 142 valence electrons. The van der Waals surface area contributed by atoms with Gasteiger partial charge < -0.3 is 15.5 Å². The lowest BCUT2D eigenvalue weighted by atomic mass is 9.97. The second-order valence-corrected chi connectivity index (χ2v) is 7.11. The van der Waals surface area contributed by atoms with Gasteiger partial charge in [-0.1, -0.05) is 48.0 Å². The number of anilines is 1. The van der Waals surface area contributed by atoms with E-state index in [1.54, 1.807) is 4.90 Å². The first kappa shape index (κ1) is 19.0. The molecule has 1 unspecified atom stereocenters. The van der Waals surface area contributed by atoms with E-state index in [2.05, 4.69) is 35.8 Å². The number of carbonyl (C=O) groups is 2. The van der Waals surface area contributed by atoms with Crippen molar-refractivity contribution in [3.05, 3.63) is 65.7 Å². The Morgan fingerprint density at radius 3 is 2.70 bits per heavy atom. The summed E-state index contributed by atoms with van der Waals surface area (Å²) in [5, 5.41) is 5.93. The van der Waals surface area contributed by atoms with Crippen molar-refractivity contribution in [2.75, 3.05) is 25.0 Å². The van der Waals surface area contributed by atoms with E-state index in [1.807, 2.05) is 36.4 Å². The number of nitrogens with one attached hydrogen (secondary N) is 2. The predicted molar refractivity (Wildman–Crippen MR) is 108 cm³/mol. The fourth-order valence-electron chi connectivity index (χ4n) is 3.43. The molecular formula is C22H27N3O2. The summed E-state index contributed by atoms with van der Waals surface area (Å²) in [6.07, 6.45) is 2.46. The molecule has 2 aromatic rings. The molecule has 2 aromatic carbocycles. The molecule has 0 bridgehead atoms. The number of rotatable bonds is 5. The molecule has 0 saturated carbocycles. The minimum absolute atomic E-state index is 0.0153. The van der Waals surface area contributed by atoms with Crippen molar-refractivity contribution in [1.82, 2.24) is 10.2 Å². The van der Waals surface area contributed by atoms with Crippen LogP contribution in [0.15, 0.2) is 54.6 Å². The first-order valence-electron chi connectivity index (χ1n) is 9.56. The molecule has 2 N–H and O–H groups in total. The molecule has 27 heavy (non-hydrogen) atoms. The number of carbonyl (C=O) groups excluding carboxylic acids is 2. The van der Waals surface area contributed by atoms with E-state index in [-0.39, 0.29) is 17.9 Å². The maximum absolute atomic E-state index is 12.5. The first-order chi connectivity index (χ1) is 13.1. The maximum Gasteiger partial charge on any atom is 0.317 e. The molecule has 0 radical (unpaired) electrons. The molecule has 1 heterocycles. The van der Waals surface area contributed by atoms with E-state index < -0.39 is 0 Å². The van der Waals surface area contributed by atoms with Crippen molar-refractivity contribution >= 4 is 17.6 Å². The van der Waals surface area contributed by atoms with Crippen molar-refractivity contribution in [2.45, 2.75) is 26.2 Å². The number of nitrogens with zero attached hydrogens (tertiary/aromatic N) is 1. The number of para-hydroxylation sites is 1. The molecule has 1 aliphatic rings. The van der Waals surface area contributed by atoms with Gasteiger partial charge in [0.25, 0.3) is 0 Å². The Kier molecular flexibility index (Phi) is 6.47. The van der Waals surface area contributed by atoms with Gasteiger partial charge in [0.05, 0.1) is 5.92 Å². The lowest BCUT2D eigenvalue weighted by molar-refractivity contribution is -0.121. The van der Waals surface area contributed by atoms with Crippen LogP contribution < -0.4 is 10.6 Å². The number of likely N-dealkylation sites (tertiary alicyclic amines) is 1. The number of benzene rings is 2. The molecule has 5 heteroatoms. The molecule has 1 aliphatic heterocycles. The van der Waals surface area contributed by atoms with Gasteiger partial charge in [0.15, 0.2) is 0 Å². The summed E-state index contributed by atoms with van der Waals surface area (Å²) in [5.41, 5.74) is 3.23. The van der Waals surface area contributed by atoms with Gasteiger partial charge in [0, 0.05) is 25.3 Å².